The second kappa shape index (κ2) is 3.89. The molecular formula is C9H12N2O2. The van der Waals surface area contributed by atoms with E-state index in [1.807, 2.05) is 0 Å². The molecule has 0 aliphatic heterocycles. The molecule has 13 heavy (non-hydrogen) atoms. The molecule has 1 aromatic rings. The van der Waals surface area contributed by atoms with E-state index in [1.54, 1.807) is 26.0 Å². The summed E-state index contributed by atoms with van der Waals surface area (Å²) in [5.41, 5.74) is -0.221. The van der Waals surface area contributed by atoms with Crippen LogP contribution in [0.1, 0.15) is 13.8 Å². The first kappa shape index (κ1) is 9.51. The van der Waals surface area contributed by atoms with Crippen LogP contribution in [0.4, 0.5) is 5.82 Å². The van der Waals surface area contributed by atoms with Gasteiger partial charge >= 0.3 is 0 Å². The van der Waals surface area contributed by atoms with Gasteiger partial charge in [-0.15, -0.1) is 0 Å². The van der Waals surface area contributed by atoms with Crippen LogP contribution in [0.3, 0.4) is 0 Å². The van der Waals surface area contributed by atoms with E-state index in [1.165, 1.54) is 6.07 Å². The number of aromatic amines is 1. The van der Waals surface area contributed by atoms with Gasteiger partial charge < -0.3 is 10.3 Å². The molecule has 4 nitrogen and oxygen atoms in total. The van der Waals surface area contributed by atoms with E-state index >= 15 is 0 Å². The van der Waals surface area contributed by atoms with E-state index < -0.39 is 0 Å². The number of hydrogen-bond donors (Lipinski definition) is 2. The summed E-state index contributed by atoms with van der Waals surface area (Å²) >= 11 is 0. The number of aromatic nitrogens is 1. The van der Waals surface area contributed by atoms with Crippen LogP contribution < -0.4 is 10.9 Å². The quantitative estimate of drug-likeness (QED) is 0.712. The van der Waals surface area contributed by atoms with Crippen LogP contribution in [0, 0.1) is 5.92 Å². The molecule has 0 spiro atoms. The van der Waals surface area contributed by atoms with E-state index in [-0.39, 0.29) is 17.4 Å². The van der Waals surface area contributed by atoms with E-state index in [0.29, 0.717) is 5.82 Å². The number of anilines is 1. The van der Waals surface area contributed by atoms with E-state index in [2.05, 4.69) is 10.3 Å². The van der Waals surface area contributed by atoms with Gasteiger partial charge in [0.15, 0.2) is 0 Å². The van der Waals surface area contributed by atoms with Crippen LogP contribution in [0.2, 0.25) is 0 Å². The molecule has 0 saturated heterocycles. The first-order valence-electron chi connectivity index (χ1n) is 4.10. The first-order chi connectivity index (χ1) is 6.09. The zero-order valence-corrected chi connectivity index (χ0v) is 7.63. The van der Waals surface area contributed by atoms with Crippen LogP contribution in [0.25, 0.3) is 0 Å². The minimum atomic E-state index is -0.221. The van der Waals surface area contributed by atoms with Crippen LogP contribution in [0.5, 0.6) is 0 Å². The highest BCUT2D eigenvalue weighted by molar-refractivity contribution is 5.91. The molecule has 0 radical (unpaired) electrons. The lowest BCUT2D eigenvalue weighted by molar-refractivity contribution is -0.118. The average Bonchev–Trinajstić information content (AvgIpc) is 2.04. The van der Waals surface area contributed by atoms with E-state index in [4.69, 9.17) is 0 Å². The normalized spacial score (nSPS) is 10.1. The molecule has 1 heterocycles. The van der Waals surface area contributed by atoms with E-state index in [0.717, 1.165) is 0 Å². The Morgan fingerprint density at radius 3 is 2.69 bits per heavy atom. The molecule has 1 rings (SSSR count). The van der Waals surface area contributed by atoms with Gasteiger partial charge in [-0.25, -0.2) is 0 Å². The number of carbonyl (C=O) groups is 1. The van der Waals surface area contributed by atoms with Gasteiger partial charge in [-0.1, -0.05) is 19.9 Å². The Kier molecular flexibility index (Phi) is 2.84. The summed E-state index contributed by atoms with van der Waals surface area (Å²) in [6.07, 6.45) is 0. The lowest BCUT2D eigenvalue weighted by Crippen LogP contribution is -2.20. The zero-order chi connectivity index (χ0) is 9.84. The number of pyridine rings is 1. The maximum Gasteiger partial charge on any atom is 0.249 e. The summed E-state index contributed by atoms with van der Waals surface area (Å²) in [6, 6.07) is 4.63. The molecule has 0 atom stereocenters. The maximum absolute atomic E-state index is 11.2. The summed E-state index contributed by atoms with van der Waals surface area (Å²) in [4.78, 5) is 24.5. The fourth-order valence-corrected chi connectivity index (χ4v) is 0.798. The lowest BCUT2D eigenvalue weighted by Gasteiger charge is -2.06. The van der Waals surface area contributed by atoms with Crippen LogP contribution in [-0.2, 0) is 4.79 Å². The number of hydrogen-bond acceptors (Lipinski definition) is 2. The van der Waals surface area contributed by atoms with Crippen molar-refractivity contribution in [3.05, 3.63) is 28.6 Å². The SMILES string of the molecule is CC(C)C(=O)Nc1cccc(=O)[nH]1. The third kappa shape index (κ3) is 2.74. The Bertz CT molecular complexity index is 355. The van der Waals surface area contributed by atoms with E-state index in [9.17, 15) is 9.59 Å². The van der Waals surface area contributed by atoms with Crippen molar-refractivity contribution < 1.29 is 4.79 Å². The Labute approximate surface area is 76.0 Å². The lowest BCUT2D eigenvalue weighted by atomic mass is 10.2. The predicted molar refractivity (Wildman–Crippen MR) is 50.5 cm³/mol. The molecule has 0 aromatic carbocycles. The standard InChI is InChI=1S/C9H12N2O2/c1-6(2)9(13)11-7-4-3-5-8(12)10-7/h3-6H,1-2H3,(H2,10,11,12,13). The highest BCUT2D eigenvalue weighted by Crippen LogP contribution is 2.01. The van der Waals surface area contributed by atoms with Gasteiger partial charge in [0.2, 0.25) is 11.5 Å². The number of nitrogens with one attached hydrogen (secondary N) is 2. The van der Waals surface area contributed by atoms with Crippen molar-refractivity contribution in [1.29, 1.82) is 0 Å². The zero-order valence-electron chi connectivity index (χ0n) is 7.63. The third-order valence-electron chi connectivity index (χ3n) is 1.55. The summed E-state index contributed by atoms with van der Waals surface area (Å²) in [7, 11) is 0. The Morgan fingerprint density at radius 2 is 2.15 bits per heavy atom. The highest BCUT2D eigenvalue weighted by atomic mass is 16.2. The molecule has 4 heteroatoms. The van der Waals surface area contributed by atoms with Crippen molar-refractivity contribution in [3.8, 4) is 0 Å². The smallest absolute Gasteiger partial charge is 0.249 e. The molecule has 0 unspecified atom stereocenters. The van der Waals surface area contributed by atoms with Gasteiger partial charge in [0.05, 0.1) is 0 Å². The summed E-state index contributed by atoms with van der Waals surface area (Å²) < 4.78 is 0. The fraction of sp³-hybridized carbons (Fsp3) is 0.333. The highest BCUT2D eigenvalue weighted by Gasteiger charge is 2.06. The van der Waals surface area contributed by atoms with Gasteiger partial charge in [-0.05, 0) is 6.07 Å². The van der Waals surface area contributed by atoms with Crippen molar-refractivity contribution >= 4 is 11.7 Å². The minimum Gasteiger partial charge on any atom is -0.312 e. The number of rotatable bonds is 2. The number of carbonyl (C=O) groups excluding carboxylic acids is 1. The van der Waals surface area contributed by atoms with Gasteiger partial charge in [0, 0.05) is 12.0 Å². The fourth-order valence-electron chi connectivity index (χ4n) is 0.798. The minimum absolute atomic E-state index is 0.0938. The maximum atomic E-state index is 11.2. The topological polar surface area (TPSA) is 62.0 Å². The molecule has 70 valence electrons. The first-order valence-corrected chi connectivity index (χ1v) is 4.10. The second-order valence-corrected chi connectivity index (χ2v) is 3.07. The Hall–Kier alpha value is -1.58. The number of amides is 1. The second-order valence-electron chi connectivity index (χ2n) is 3.07. The Balaban J connectivity index is 2.75. The van der Waals surface area contributed by atoms with Crippen molar-refractivity contribution in [2.75, 3.05) is 5.32 Å². The summed E-state index contributed by atoms with van der Waals surface area (Å²) in [5, 5.41) is 2.59. The molecule has 0 aliphatic carbocycles. The van der Waals surface area contributed by atoms with Gasteiger partial charge in [0.1, 0.15) is 5.82 Å². The molecule has 0 bridgehead atoms. The number of H-pyrrole nitrogens is 1. The van der Waals surface area contributed by atoms with Crippen molar-refractivity contribution in [2.24, 2.45) is 5.92 Å². The monoisotopic (exact) mass is 180 g/mol. The average molecular weight is 180 g/mol. The molecular weight excluding hydrogens is 168 g/mol. The summed E-state index contributed by atoms with van der Waals surface area (Å²) in [6.45, 7) is 3.58. The van der Waals surface area contributed by atoms with Crippen molar-refractivity contribution in [3.63, 3.8) is 0 Å². The van der Waals surface area contributed by atoms with Gasteiger partial charge in [-0.3, -0.25) is 9.59 Å². The molecule has 0 saturated carbocycles. The van der Waals surface area contributed by atoms with Crippen molar-refractivity contribution in [1.82, 2.24) is 4.98 Å². The molecule has 0 fully saturated rings. The Morgan fingerprint density at radius 1 is 1.46 bits per heavy atom. The molecule has 2 N–H and O–H groups in total. The molecule has 0 aliphatic rings. The molecule has 1 amide bonds. The van der Waals surface area contributed by atoms with Crippen LogP contribution >= 0.6 is 0 Å². The van der Waals surface area contributed by atoms with Gasteiger partial charge in [0.25, 0.3) is 0 Å². The third-order valence-corrected chi connectivity index (χ3v) is 1.55. The van der Waals surface area contributed by atoms with Crippen LogP contribution in [-0.4, -0.2) is 10.9 Å². The molecule has 1 aromatic heterocycles. The van der Waals surface area contributed by atoms with Crippen LogP contribution in [0.15, 0.2) is 23.0 Å². The largest absolute Gasteiger partial charge is 0.312 e. The predicted octanol–water partition coefficient (Wildman–Crippen LogP) is 0.969. The van der Waals surface area contributed by atoms with Gasteiger partial charge in [-0.2, -0.15) is 0 Å². The van der Waals surface area contributed by atoms with Crippen molar-refractivity contribution in [2.45, 2.75) is 13.8 Å². The summed E-state index contributed by atoms with van der Waals surface area (Å²) in [5.74, 6) is 0.233.